The standard InChI is InChI=1S/C12H16N2O4/c1-18-12(15)3-2-8-13-9-10-4-6-11(7-5-10)14(16)17/h4-7,13H,2-3,8-9H2,1H3. The molecule has 0 fully saturated rings. The van der Waals surface area contributed by atoms with Gasteiger partial charge in [0.1, 0.15) is 0 Å². The predicted molar refractivity (Wildman–Crippen MR) is 66.1 cm³/mol. The molecular formula is C12H16N2O4. The molecule has 0 spiro atoms. The number of benzene rings is 1. The molecule has 1 aromatic rings. The fourth-order valence-corrected chi connectivity index (χ4v) is 1.43. The maximum absolute atomic E-state index is 10.8. The Balaban J connectivity index is 2.23. The van der Waals surface area contributed by atoms with E-state index in [2.05, 4.69) is 10.1 Å². The molecule has 0 aromatic heterocycles. The van der Waals surface area contributed by atoms with Crippen molar-refractivity contribution in [2.75, 3.05) is 13.7 Å². The Labute approximate surface area is 105 Å². The lowest BCUT2D eigenvalue weighted by molar-refractivity contribution is -0.384. The Kier molecular flexibility index (Phi) is 5.79. The van der Waals surface area contributed by atoms with Crippen molar-refractivity contribution >= 4 is 11.7 Å². The average Bonchev–Trinajstić information content (AvgIpc) is 2.38. The Morgan fingerprint density at radius 2 is 2.06 bits per heavy atom. The van der Waals surface area contributed by atoms with Crippen molar-refractivity contribution in [3.05, 3.63) is 39.9 Å². The third-order valence-electron chi connectivity index (χ3n) is 2.44. The number of nitro groups is 1. The number of ether oxygens (including phenoxy) is 1. The van der Waals surface area contributed by atoms with E-state index < -0.39 is 4.92 Å². The molecule has 6 nitrogen and oxygen atoms in total. The zero-order valence-electron chi connectivity index (χ0n) is 10.2. The van der Waals surface area contributed by atoms with Crippen molar-refractivity contribution < 1.29 is 14.5 Å². The number of non-ortho nitro benzene ring substituents is 1. The molecular weight excluding hydrogens is 236 g/mol. The van der Waals surface area contributed by atoms with Crippen LogP contribution in [0, 0.1) is 10.1 Å². The van der Waals surface area contributed by atoms with Crippen molar-refractivity contribution in [1.29, 1.82) is 0 Å². The Hall–Kier alpha value is -1.95. The van der Waals surface area contributed by atoms with E-state index in [1.807, 2.05) is 0 Å². The maximum Gasteiger partial charge on any atom is 0.305 e. The van der Waals surface area contributed by atoms with Gasteiger partial charge in [0.2, 0.25) is 0 Å². The summed E-state index contributed by atoms with van der Waals surface area (Å²) in [5, 5.41) is 13.6. The lowest BCUT2D eigenvalue weighted by Crippen LogP contribution is -2.16. The number of esters is 1. The highest BCUT2D eigenvalue weighted by Gasteiger charge is 2.03. The van der Waals surface area contributed by atoms with Crippen LogP contribution in [0.1, 0.15) is 18.4 Å². The summed E-state index contributed by atoms with van der Waals surface area (Å²) in [5.74, 6) is -0.216. The summed E-state index contributed by atoms with van der Waals surface area (Å²) in [4.78, 5) is 20.9. The summed E-state index contributed by atoms with van der Waals surface area (Å²) in [5.41, 5.74) is 1.06. The molecule has 18 heavy (non-hydrogen) atoms. The number of carbonyl (C=O) groups excluding carboxylic acids is 1. The smallest absolute Gasteiger partial charge is 0.305 e. The highest BCUT2D eigenvalue weighted by Crippen LogP contribution is 2.11. The van der Waals surface area contributed by atoms with E-state index in [1.165, 1.54) is 19.2 Å². The summed E-state index contributed by atoms with van der Waals surface area (Å²) in [6.07, 6.45) is 1.10. The summed E-state index contributed by atoms with van der Waals surface area (Å²) < 4.78 is 4.52. The number of hydrogen-bond acceptors (Lipinski definition) is 5. The molecule has 1 N–H and O–H groups in total. The molecule has 0 atom stereocenters. The van der Waals surface area contributed by atoms with Gasteiger partial charge in [-0.2, -0.15) is 0 Å². The molecule has 1 rings (SSSR count). The van der Waals surface area contributed by atoms with E-state index in [0.717, 1.165) is 5.56 Å². The lowest BCUT2D eigenvalue weighted by atomic mass is 10.2. The number of carbonyl (C=O) groups is 1. The van der Waals surface area contributed by atoms with E-state index in [0.29, 0.717) is 25.9 Å². The molecule has 0 saturated heterocycles. The number of nitro benzene ring substituents is 1. The monoisotopic (exact) mass is 252 g/mol. The first kappa shape index (κ1) is 14.1. The first-order chi connectivity index (χ1) is 8.63. The normalized spacial score (nSPS) is 10.1. The second-order valence-corrected chi connectivity index (χ2v) is 3.78. The Morgan fingerprint density at radius 3 is 2.61 bits per heavy atom. The van der Waals surface area contributed by atoms with E-state index >= 15 is 0 Å². The minimum atomic E-state index is -0.423. The molecule has 0 aliphatic carbocycles. The molecule has 6 heteroatoms. The van der Waals surface area contributed by atoms with Crippen LogP contribution in [0.5, 0.6) is 0 Å². The lowest BCUT2D eigenvalue weighted by Gasteiger charge is -2.04. The van der Waals surface area contributed by atoms with Crippen LogP contribution in [-0.2, 0) is 16.1 Å². The van der Waals surface area contributed by atoms with Crippen LogP contribution in [0.4, 0.5) is 5.69 Å². The predicted octanol–water partition coefficient (Wildman–Crippen LogP) is 1.64. The van der Waals surface area contributed by atoms with Crippen LogP contribution in [-0.4, -0.2) is 24.5 Å². The van der Waals surface area contributed by atoms with E-state index in [1.54, 1.807) is 12.1 Å². The Morgan fingerprint density at radius 1 is 1.39 bits per heavy atom. The van der Waals surface area contributed by atoms with Crippen LogP contribution >= 0.6 is 0 Å². The van der Waals surface area contributed by atoms with E-state index in [4.69, 9.17) is 0 Å². The van der Waals surface area contributed by atoms with Crippen LogP contribution in [0.3, 0.4) is 0 Å². The van der Waals surface area contributed by atoms with E-state index in [9.17, 15) is 14.9 Å². The van der Waals surface area contributed by atoms with Crippen LogP contribution < -0.4 is 5.32 Å². The molecule has 0 heterocycles. The van der Waals surface area contributed by atoms with Crippen molar-refractivity contribution in [2.45, 2.75) is 19.4 Å². The molecule has 0 unspecified atom stereocenters. The molecule has 0 aliphatic rings. The number of nitrogens with one attached hydrogen (secondary N) is 1. The first-order valence-corrected chi connectivity index (χ1v) is 5.64. The summed E-state index contributed by atoms with van der Waals surface area (Å²) >= 11 is 0. The summed E-state index contributed by atoms with van der Waals surface area (Å²) in [6.45, 7) is 1.32. The van der Waals surface area contributed by atoms with Gasteiger partial charge in [0.15, 0.2) is 0 Å². The minimum absolute atomic E-state index is 0.0874. The van der Waals surface area contributed by atoms with Gasteiger partial charge < -0.3 is 10.1 Å². The van der Waals surface area contributed by atoms with Gasteiger partial charge in [-0.05, 0) is 18.5 Å². The second kappa shape index (κ2) is 7.39. The first-order valence-electron chi connectivity index (χ1n) is 5.64. The largest absolute Gasteiger partial charge is 0.469 e. The van der Waals surface area contributed by atoms with Gasteiger partial charge in [-0.3, -0.25) is 14.9 Å². The Bertz CT molecular complexity index is 403. The minimum Gasteiger partial charge on any atom is -0.469 e. The highest BCUT2D eigenvalue weighted by molar-refractivity contribution is 5.69. The quantitative estimate of drug-likeness (QED) is 0.345. The fraction of sp³-hybridized carbons (Fsp3) is 0.417. The second-order valence-electron chi connectivity index (χ2n) is 3.78. The van der Waals surface area contributed by atoms with Gasteiger partial charge in [-0.1, -0.05) is 12.1 Å². The van der Waals surface area contributed by atoms with Gasteiger partial charge >= 0.3 is 5.97 Å². The highest BCUT2D eigenvalue weighted by atomic mass is 16.6. The van der Waals surface area contributed by atoms with Gasteiger partial charge in [-0.25, -0.2) is 0 Å². The van der Waals surface area contributed by atoms with Gasteiger partial charge in [-0.15, -0.1) is 0 Å². The van der Waals surface area contributed by atoms with Gasteiger partial charge in [0, 0.05) is 25.1 Å². The molecule has 0 aliphatic heterocycles. The number of hydrogen-bond donors (Lipinski definition) is 1. The third kappa shape index (κ3) is 4.92. The SMILES string of the molecule is COC(=O)CCCNCc1ccc([N+](=O)[O-])cc1. The van der Waals surface area contributed by atoms with Gasteiger partial charge in [0.25, 0.3) is 5.69 Å². The number of rotatable bonds is 7. The zero-order valence-corrected chi connectivity index (χ0v) is 10.2. The third-order valence-corrected chi connectivity index (χ3v) is 2.44. The van der Waals surface area contributed by atoms with Crippen LogP contribution in [0.15, 0.2) is 24.3 Å². The maximum atomic E-state index is 10.8. The molecule has 98 valence electrons. The number of nitrogens with zero attached hydrogens (tertiary/aromatic N) is 1. The molecule has 0 saturated carbocycles. The van der Waals surface area contributed by atoms with E-state index in [-0.39, 0.29) is 11.7 Å². The molecule has 0 bridgehead atoms. The van der Waals surface area contributed by atoms with Crippen LogP contribution in [0.2, 0.25) is 0 Å². The van der Waals surface area contributed by atoms with Crippen molar-refractivity contribution in [3.63, 3.8) is 0 Å². The van der Waals surface area contributed by atoms with Gasteiger partial charge in [0.05, 0.1) is 12.0 Å². The fourth-order valence-electron chi connectivity index (χ4n) is 1.43. The average molecular weight is 252 g/mol. The van der Waals surface area contributed by atoms with Crippen molar-refractivity contribution in [1.82, 2.24) is 5.32 Å². The zero-order chi connectivity index (χ0) is 13.4. The van der Waals surface area contributed by atoms with Crippen molar-refractivity contribution in [3.8, 4) is 0 Å². The summed E-state index contributed by atoms with van der Waals surface area (Å²) in [6, 6.07) is 6.38. The summed E-state index contributed by atoms with van der Waals surface area (Å²) in [7, 11) is 1.37. The molecule has 0 radical (unpaired) electrons. The molecule has 0 amide bonds. The van der Waals surface area contributed by atoms with Crippen LogP contribution in [0.25, 0.3) is 0 Å². The topological polar surface area (TPSA) is 81.5 Å². The number of methoxy groups -OCH3 is 1. The van der Waals surface area contributed by atoms with Crippen molar-refractivity contribution in [2.24, 2.45) is 0 Å². The molecule has 1 aromatic carbocycles.